The molecule has 112 valence electrons. The molecular weight excluding hydrogens is 274 g/mol. The van der Waals surface area contributed by atoms with Crippen molar-refractivity contribution in [3.8, 4) is 5.75 Å². The fourth-order valence-corrected chi connectivity index (χ4v) is 1.64. The van der Waals surface area contributed by atoms with Gasteiger partial charge >= 0.3 is 0 Å². The van der Waals surface area contributed by atoms with Crippen LogP contribution < -0.4 is 10.5 Å². The van der Waals surface area contributed by atoms with E-state index in [0.29, 0.717) is 17.4 Å². The third-order valence-corrected chi connectivity index (χ3v) is 2.99. The van der Waals surface area contributed by atoms with Crippen molar-refractivity contribution >= 4 is 5.69 Å². The molecule has 1 unspecified atom stereocenters. The number of hydrogen-bond donors (Lipinski definition) is 2. The van der Waals surface area contributed by atoms with E-state index in [-0.39, 0.29) is 24.3 Å². The number of aromatic amines is 1. The summed E-state index contributed by atoms with van der Waals surface area (Å²) in [6, 6.07) is 5.62. The second-order valence-electron chi connectivity index (χ2n) is 4.95. The SMILES string of the molecule is CC(C)C(N)c1n[nH]c(COc2ccc([N+](=O)[O-])cc2)n1. The summed E-state index contributed by atoms with van der Waals surface area (Å²) in [5.74, 6) is 1.86. The van der Waals surface area contributed by atoms with E-state index in [1.165, 1.54) is 24.3 Å². The summed E-state index contributed by atoms with van der Waals surface area (Å²) in [5, 5.41) is 17.4. The van der Waals surface area contributed by atoms with Gasteiger partial charge in [0, 0.05) is 12.1 Å². The molecule has 1 aromatic heterocycles. The van der Waals surface area contributed by atoms with Crippen LogP contribution in [-0.2, 0) is 6.61 Å². The van der Waals surface area contributed by atoms with Crippen molar-refractivity contribution in [3.63, 3.8) is 0 Å². The molecule has 0 fully saturated rings. The van der Waals surface area contributed by atoms with Crippen LogP contribution in [0.15, 0.2) is 24.3 Å². The van der Waals surface area contributed by atoms with Crippen LogP contribution >= 0.6 is 0 Å². The van der Waals surface area contributed by atoms with Crippen molar-refractivity contribution in [2.75, 3.05) is 0 Å². The van der Waals surface area contributed by atoms with Crippen LogP contribution in [0, 0.1) is 16.0 Å². The molecule has 1 atom stereocenters. The van der Waals surface area contributed by atoms with Crippen molar-refractivity contribution in [2.24, 2.45) is 11.7 Å². The van der Waals surface area contributed by atoms with Gasteiger partial charge in [-0.05, 0) is 18.1 Å². The summed E-state index contributed by atoms with van der Waals surface area (Å²) < 4.78 is 5.48. The van der Waals surface area contributed by atoms with Gasteiger partial charge in [-0.25, -0.2) is 4.98 Å². The van der Waals surface area contributed by atoms with Crippen molar-refractivity contribution in [2.45, 2.75) is 26.5 Å². The zero-order valence-electron chi connectivity index (χ0n) is 11.8. The highest BCUT2D eigenvalue weighted by atomic mass is 16.6. The molecule has 0 saturated heterocycles. The van der Waals surface area contributed by atoms with Crippen LogP contribution in [0.25, 0.3) is 0 Å². The maximum absolute atomic E-state index is 10.5. The molecule has 2 aromatic rings. The van der Waals surface area contributed by atoms with Gasteiger partial charge in [0.1, 0.15) is 12.4 Å². The molecule has 0 aliphatic rings. The van der Waals surface area contributed by atoms with Crippen LogP contribution in [-0.4, -0.2) is 20.1 Å². The second-order valence-corrected chi connectivity index (χ2v) is 4.95. The number of nitro groups is 1. The number of benzene rings is 1. The Balaban J connectivity index is 1.95. The topological polar surface area (TPSA) is 120 Å². The number of ether oxygens (including phenoxy) is 1. The first-order chi connectivity index (χ1) is 9.97. The zero-order chi connectivity index (χ0) is 15.4. The third-order valence-electron chi connectivity index (χ3n) is 2.99. The smallest absolute Gasteiger partial charge is 0.269 e. The quantitative estimate of drug-likeness (QED) is 0.620. The Morgan fingerprint density at radius 3 is 2.62 bits per heavy atom. The Hall–Kier alpha value is -2.48. The molecule has 3 N–H and O–H groups in total. The molecule has 0 spiro atoms. The molecule has 0 amide bonds. The highest BCUT2D eigenvalue weighted by Crippen LogP contribution is 2.18. The molecule has 1 aromatic carbocycles. The Morgan fingerprint density at radius 1 is 1.38 bits per heavy atom. The number of nitrogens with zero attached hydrogens (tertiary/aromatic N) is 3. The van der Waals surface area contributed by atoms with E-state index >= 15 is 0 Å². The molecule has 0 bridgehead atoms. The van der Waals surface area contributed by atoms with Crippen LogP contribution in [0.4, 0.5) is 5.69 Å². The number of rotatable bonds is 6. The average Bonchev–Trinajstić information content (AvgIpc) is 2.93. The van der Waals surface area contributed by atoms with E-state index in [9.17, 15) is 10.1 Å². The number of nitrogens with one attached hydrogen (secondary N) is 1. The third kappa shape index (κ3) is 3.76. The largest absolute Gasteiger partial charge is 0.486 e. The first-order valence-corrected chi connectivity index (χ1v) is 6.51. The fraction of sp³-hybridized carbons (Fsp3) is 0.385. The Labute approximate surface area is 121 Å². The normalized spacial score (nSPS) is 12.4. The van der Waals surface area contributed by atoms with Crippen LogP contribution in [0.3, 0.4) is 0 Å². The molecule has 0 aliphatic carbocycles. The molecule has 0 saturated carbocycles. The number of H-pyrrole nitrogens is 1. The van der Waals surface area contributed by atoms with Gasteiger partial charge in [-0.1, -0.05) is 13.8 Å². The van der Waals surface area contributed by atoms with Crippen molar-refractivity contribution in [3.05, 3.63) is 46.0 Å². The van der Waals surface area contributed by atoms with Crippen LogP contribution in [0.5, 0.6) is 5.75 Å². The predicted octanol–water partition coefficient (Wildman–Crippen LogP) is 1.95. The fourth-order valence-electron chi connectivity index (χ4n) is 1.64. The van der Waals surface area contributed by atoms with Crippen molar-refractivity contribution < 1.29 is 9.66 Å². The molecule has 0 radical (unpaired) electrons. The highest BCUT2D eigenvalue weighted by Gasteiger charge is 2.15. The van der Waals surface area contributed by atoms with Gasteiger partial charge in [-0.15, -0.1) is 0 Å². The van der Waals surface area contributed by atoms with Gasteiger partial charge in [0.15, 0.2) is 11.6 Å². The van der Waals surface area contributed by atoms with Gasteiger partial charge in [0.05, 0.1) is 11.0 Å². The zero-order valence-corrected chi connectivity index (χ0v) is 11.8. The Morgan fingerprint density at radius 2 is 2.05 bits per heavy atom. The lowest BCUT2D eigenvalue weighted by Gasteiger charge is -2.10. The highest BCUT2D eigenvalue weighted by molar-refractivity contribution is 5.35. The molecule has 1 heterocycles. The Kier molecular flexibility index (Phi) is 4.49. The van der Waals surface area contributed by atoms with Crippen molar-refractivity contribution in [1.82, 2.24) is 15.2 Å². The predicted molar refractivity (Wildman–Crippen MR) is 75.6 cm³/mol. The van der Waals surface area contributed by atoms with E-state index in [2.05, 4.69) is 15.2 Å². The monoisotopic (exact) mass is 291 g/mol. The summed E-state index contributed by atoms with van der Waals surface area (Å²) in [7, 11) is 0. The van der Waals surface area contributed by atoms with Crippen LogP contribution in [0.2, 0.25) is 0 Å². The molecular formula is C13H17N5O3. The molecule has 2 rings (SSSR count). The standard InChI is InChI=1S/C13H17N5O3/c1-8(2)12(14)13-15-11(16-17-13)7-21-10-5-3-9(4-6-10)18(19)20/h3-6,8,12H,7,14H2,1-2H3,(H,15,16,17). The molecule has 21 heavy (non-hydrogen) atoms. The Bertz CT molecular complexity index is 609. The summed E-state index contributed by atoms with van der Waals surface area (Å²) in [6.07, 6.45) is 0. The first kappa shape index (κ1) is 14.9. The number of nitrogens with two attached hydrogens (primary N) is 1. The number of nitro benzene ring substituents is 1. The first-order valence-electron chi connectivity index (χ1n) is 6.51. The maximum Gasteiger partial charge on any atom is 0.269 e. The van der Waals surface area contributed by atoms with Crippen molar-refractivity contribution in [1.29, 1.82) is 0 Å². The lowest BCUT2D eigenvalue weighted by molar-refractivity contribution is -0.384. The number of aromatic nitrogens is 3. The van der Waals surface area contributed by atoms with Gasteiger partial charge < -0.3 is 10.5 Å². The van der Waals surface area contributed by atoms with Crippen LogP contribution in [0.1, 0.15) is 31.5 Å². The van der Waals surface area contributed by atoms with Gasteiger partial charge in [0.2, 0.25) is 0 Å². The molecule has 0 aliphatic heterocycles. The molecule has 8 nitrogen and oxygen atoms in total. The second kappa shape index (κ2) is 6.31. The average molecular weight is 291 g/mol. The lowest BCUT2D eigenvalue weighted by atomic mass is 10.1. The van der Waals surface area contributed by atoms with Gasteiger partial charge in [-0.2, -0.15) is 5.10 Å². The van der Waals surface area contributed by atoms with E-state index in [0.717, 1.165) is 0 Å². The van der Waals surface area contributed by atoms with E-state index in [4.69, 9.17) is 10.5 Å². The number of hydrogen-bond acceptors (Lipinski definition) is 6. The van der Waals surface area contributed by atoms with Gasteiger partial charge in [0.25, 0.3) is 5.69 Å². The summed E-state index contributed by atoms with van der Waals surface area (Å²) >= 11 is 0. The van der Waals surface area contributed by atoms with E-state index < -0.39 is 4.92 Å². The van der Waals surface area contributed by atoms with E-state index in [1.807, 2.05) is 13.8 Å². The minimum atomic E-state index is -0.459. The maximum atomic E-state index is 10.5. The molecule has 8 heteroatoms. The summed E-state index contributed by atoms with van der Waals surface area (Å²) in [6.45, 7) is 4.18. The minimum absolute atomic E-state index is 0.0206. The van der Waals surface area contributed by atoms with E-state index in [1.54, 1.807) is 0 Å². The van der Waals surface area contributed by atoms with Gasteiger partial charge in [-0.3, -0.25) is 15.2 Å². The lowest BCUT2D eigenvalue weighted by Crippen LogP contribution is -2.18. The minimum Gasteiger partial charge on any atom is -0.486 e. The summed E-state index contributed by atoms with van der Waals surface area (Å²) in [4.78, 5) is 14.4. The summed E-state index contributed by atoms with van der Waals surface area (Å²) in [5.41, 5.74) is 5.97. The number of non-ortho nitro benzene ring substituents is 1.